The van der Waals surface area contributed by atoms with Crippen LogP contribution in [0.15, 0.2) is 54.4 Å². The van der Waals surface area contributed by atoms with Gasteiger partial charge in [-0.15, -0.1) is 10.2 Å². The summed E-state index contributed by atoms with van der Waals surface area (Å²) in [7, 11) is 0. The van der Waals surface area contributed by atoms with Crippen LogP contribution in [0.3, 0.4) is 0 Å². The molecule has 302 valence electrons. The Bertz CT molecular complexity index is 1930. The van der Waals surface area contributed by atoms with E-state index in [0.717, 1.165) is 44.1 Å². The Morgan fingerprint density at radius 1 is 0.911 bits per heavy atom. The van der Waals surface area contributed by atoms with E-state index >= 15 is 0 Å². The number of benzene rings is 1. The van der Waals surface area contributed by atoms with Crippen LogP contribution >= 0.6 is 0 Å². The van der Waals surface area contributed by atoms with Crippen LogP contribution in [0.2, 0.25) is 0 Å². The van der Waals surface area contributed by atoms with Crippen LogP contribution in [0, 0.1) is 28.6 Å². The second-order valence-electron chi connectivity index (χ2n) is 18.2. The third kappa shape index (κ3) is 6.78. The number of fused-ring (bicyclic) bond motifs is 6. The number of ketones is 1. The maximum atomic E-state index is 12.4. The van der Waals surface area contributed by atoms with E-state index in [1.165, 1.54) is 5.57 Å². The van der Waals surface area contributed by atoms with Gasteiger partial charge in [-0.1, -0.05) is 60.2 Å². The molecule has 0 amide bonds. The molecule has 2 saturated heterocycles. The number of rotatable bonds is 12. The Balaban J connectivity index is 0.800. The summed E-state index contributed by atoms with van der Waals surface area (Å²) in [6.07, 6.45) is 10.1. The number of allylic oxidation sites excluding steroid dienone is 1. The van der Waals surface area contributed by atoms with E-state index in [2.05, 4.69) is 34.5 Å². The minimum atomic E-state index is -1.09. The van der Waals surface area contributed by atoms with Crippen molar-refractivity contribution in [1.82, 2.24) is 30.0 Å². The Hall–Kier alpha value is -3.37. The van der Waals surface area contributed by atoms with Gasteiger partial charge in [0.15, 0.2) is 17.9 Å². The van der Waals surface area contributed by atoms with Gasteiger partial charge in [0.2, 0.25) is 0 Å². The molecule has 14 heteroatoms. The van der Waals surface area contributed by atoms with E-state index in [9.17, 15) is 15.0 Å². The first-order valence-electron chi connectivity index (χ1n) is 20.5. The summed E-state index contributed by atoms with van der Waals surface area (Å²) in [4.78, 5) is 12.3. The van der Waals surface area contributed by atoms with Crippen molar-refractivity contribution in [2.75, 3.05) is 6.61 Å². The summed E-state index contributed by atoms with van der Waals surface area (Å²) >= 11 is 0. The lowest BCUT2D eigenvalue weighted by molar-refractivity contribution is -0.225. The topological polar surface area (TPSA) is 165 Å². The SMILES string of the molecule is CC1(C)O[C@H]2O[C@H](COCc3ccccc3)[C@H](OCc3cn(CC(O)Cn4cc([C@]5(O)CC[C@H]6[C@@H]7CCC8=CC(=O)CC[C@]8(C)[C@H]7CC[C@@]65C)nn4)nn3)[C@H]2O1. The first kappa shape index (κ1) is 38.2. The highest BCUT2D eigenvalue weighted by molar-refractivity contribution is 5.91. The van der Waals surface area contributed by atoms with E-state index < -0.39 is 42.1 Å². The molecule has 9 rings (SSSR count). The molecule has 6 aliphatic rings. The number of hydrogen-bond acceptors (Lipinski definition) is 12. The van der Waals surface area contributed by atoms with E-state index in [1.54, 1.807) is 15.6 Å². The quantitative estimate of drug-likeness (QED) is 0.263. The Morgan fingerprint density at radius 3 is 2.50 bits per heavy atom. The molecule has 3 saturated carbocycles. The molecule has 2 N–H and O–H groups in total. The third-order valence-electron chi connectivity index (χ3n) is 14.4. The molecule has 3 aromatic rings. The number of aromatic nitrogens is 6. The van der Waals surface area contributed by atoms with Crippen molar-refractivity contribution >= 4 is 5.78 Å². The molecule has 4 aliphatic carbocycles. The molecule has 0 bridgehead atoms. The van der Waals surface area contributed by atoms with Gasteiger partial charge in [-0.25, -0.2) is 9.36 Å². The average Bonchev–Trinajstić information content (AvgIpc) is 3.98. The predicted octanol–water partition coefficient (Wildman–Crippen LogP) is 4.63. The van der Waals surface area contributed by atoms with E-state index in [0.29, 0.717) is 55.2 Å². The Labute approximate surface area is 327 Å². The van der Waals surface area contributed by atoms with Crippen LogP contribution in [0.25, 0.3) is 0 Å². The van der Waals surface area contributed by atoms with Gasteiger partial charge < -0.3 is 33.9 Å². The normalized spacial score (nSPS) is 37.8. The molecular weight excluding hydrogens is 716 g/mol. The van der Waals surface area contributed by atoms with E-state index in [4.69, 9.17) is 23.7 Å². The number of carbonyl (C=O) groups excluding carboxylic acids is 1. The van der Waals surface area contributed by atoms with Crippen LogP contribution in [0.1, 0.15) is 96.0 Å². The maximum Gasteiger partial charge on any atom is 0.190 e. The highest BCUT2D eigenvalue weighted by atomic mass is 16.8. The number of aliphatic hydroxyl groups is 2. The largest absolute Gasteiger partial charge is 0.389 e. The lowest BCUT2D eigenvalue weighted by Crippen LogP contribution is -2.53. The zero-order valence-electron chi connectivity index (χ0n) is 33.0. The van der Waals surface area contributed by atoms with Crippen LogP contribution < -0.4 is 0 Å². The molecule has 2 aliphatic heterocycles. The van der Waals surface area contributed by atoms with Crippen molar-refractivity contribution in [3.63, 3.8) is 0 Å². The maximum absolute atomic E-state index is 12.4. The highest BCUT2D eigenvalue weighted by Crippen LogP contribution is 2.69. The zero-order valence-corrected chi connectivity index (χ0v) is 33.0. The van der Waals surface area contributed by atoms with Crippen molar-refractivity contribution in [3.8, 4) is 0 Å². The smallest absolute Gasteiger partial charge is 0.190 e. The lowest BCUT2D eigenvalue weighted by atomic mass is 9.46. The number of hydrogen-bond donors (Lipinski definition) is 2. The molecule has 11 atom stereocenters. The van der Waals surface area contributed by atoms with Gasteiger partial charge in [0, 0.05) is 11.8 Å². The van der Waals surface area contributed by atoms with Crippen molar-refractivity contribution in [1.29, 1.82) is 0 Å². The van der Waals surface area contributed by atoms with Gasteiger partial charge in [-0.05, 0) is 93.6 Å². The van der Waals surface area contributed by atoms with Crippen LogP contribution in [0.4, 0.5) is 0 Å². The molecule has 1 aromatic carbocycles. The standard InChI is InChI=1S/C42H56N6O8/c1-39(2)55-37-36(34(54-38(37)56-39)25-52-23-26-8-6-5-7-9-26)53-24-28-19-47(45-43-28)20-30(50)21-48-22-35(44-46-48)42(51)17-14-33-31-11-10-27-18-29(49)12-15-40(27,3)32(31)13-16-41(33,42)4/h5-9,18-19,22,30-34,36-38,50-51H,10-17,20-21,23-25H2,1-4H3/t30?,31-,32+,33+,34-,36+,37-,38-,40+,41+,42-/m1/s1. The number of carbonyl (C=O) groups is 1. The highest BCUT2D eigenvalue weighted by Gasteiger charge is 2.65. The fourth-order valence-electron chi connectivity index (χ4n) is 11.5. The molecule has 0 spiro atoms. The van der Waals surface area contributed by atoms with Gasteiger partial charge in [0.25, 0.3) is 0 Å². The molecule has 14 nitrogen and oxygen atoms in total. The third-order valence-corrected chi connectivity index (χ3v) is 14.4. The molecule has 56 heavy (non-hydrogen) atoms. The summed E-state index contributed by atoms with van der Waals surface area (Å²) in [5.41, 5.74) is 2.29. The van der Waals surface area contributed by atoms with Crippen molar-refractivity contribution in [2.24, 2.45) is 28.6 Å². The second kappa shape index (κ2) is 14.5. The van der Waals surface area contributed by atoms with Gasteiger partial charge in [-0.2, -0.15) is 0 Å². The van der Waals surface area contributed by atoms with Crippen molar-refractivity contribution in [2.45, 2.75) is 147 Å². The van der Waals surface area contributed by atoms with Crippen LogP contribution in [0.5, 0.6) is 0 Å². The van der Waals surface area contributed by atoms with Gasteiger partial charge in [0.05, 0.1) is 51.4 Å². The minimum Gasteiger partial charge on any atom is -0.389 e. The van der Waals surface area contributed by atoms with Gasteiger partial charge in [0.1, 0.15) is 35.3 Å². The van der Waals surface area contributed by atoms with Gasteiger partial charge >= 0.3 is 0 Å². The second-order valence-corrected chi connectivity index (χ2v) is 18.2. The molecule has 0 radical (unpaired) electrons. The molecule has 5 fully saturated rings. The first-order valence-corrected chi connectivity index (χ1v) is 20.5. The Morgan fingerprint density at radius 2 is 1.68 bits per heavy atom. The fraction of sp³-hybridized carbons (Fsp3) is 0.690. The van der Waals surface area contributed by atoms with E-state index in [-0.39, 0.29) is 36.3 Å². The average molecular weight is 773 g/mol. The lowest BCUT2D eigenvalue weighted by Gasteiger charge is -2.59. The first-order chi connectivity index (χ1) is 26.8. The summed E-state index contributed by atoms with van der Waals surface area (Å²) in [6, 6.07) is 9.97. The minimum absolute atomic E-state index is 0.0864. The predicted molar refractivity (Wildman–Crippen MR) is 200 cm³/mol. The summed E-state index contributed by atoms with van der Waals surface area (Å²) in [6.45, 7) is 9.65. The van der Waals surface area contributed by atoms with E-state index in [1.807, 2.05) is 56.5 Å². The number of nitrogens with zero attached hydrogens (tertiary/aromatic N) is 6. The molecular formula is C42H56N6O8. The number of ether oxygens (including phenoxy) is 5. The molecule has 2 aromatic heterocycles. The number of aliphatic hydroxyl groups excluding tert-OH is 1. The Kier molecular flexibility index (Phi) is 9.86. The molecule has 1 unspecified atom stereocenters. The monoisotopic (exact) mass is 772 g/mol. The summed E-state index contributed by atoms with van der Waals surface area (Å²) in [5, 5.41) is 41.0. The summed E-state index contributed by atoms with van der Waals surface area (Å²) < 4.78 is 33.9. The van der Waals surface area contributed by atoms with Gasteiger partial charge in [-0.3, -0.25) is 4.79 Å². The van der Waals surface area contributed by atoms with Crippen molar-refractivity contribution in [3.05, 3.63) is 71.3 Å². The fourth-order valence-corrected chi connectivity index (χ4v) is 11.5. The van der Waals surface area contributed by atoms with Crippen LogP contribution in [-0.2, 0) is 60.4 Å². The summed E-state index contributed by atoms with van der Waals surface area (Å²) in [5.74, 6) is 0.935. The van der Waals surface area contributed by atoms with Crippen LogP contribution in [-0.4, -0.2) is 89.1 Å². The zero-order chi connectivity index (χ0) is 38.9. The molecule has 4 heterocycles. The van der Waals surface area contributed by atoms with Crippen molar-refractivity contribution < 1.29 is 38.7 Å².